The molecule has 25 heavy (non-hydrogen) atoms. The maximum Gasteiger partial charge on any atom is 0.374 e. The van der Waals surface area contributed by atoms with Crippen molar-refractivity contribution in [2.24, 2.45) is 5.10 Å². The highest BCUT2D eigenvalue weighted by atomic mass is 19.1. The van der Waals surface area contributed by atoms with E-state index in [9.17, 15) is 14.0 Å². The number of aryl methyl sites for hydroxylation is 1. The molecule has 1 aromatic heterocycles. The minimum absolute atomic E-state index is 0.159. The standard InChI is InChI=1S/C18H17FN2O4/c1-10-15-13(4-3-5-14(15)25-16(10)18(23)24-2)20-21-17(22)11-6-8-12(19)9-7-11/h6-9H,3-5H2,1-2H3,(H,21,22)/b20-13+. The maximum atomic E-state index is 12.9. The van der Waals surface area contributed by atoms with Gasteiger partial charge in [-0.1, -0.05) is 0 Å². The summed E-state index contributed by atoms with van der Waals surface area (Å²) >= 11 is 0. The number of nitrogens with one attached hydrogen (secondary N) is 1. The fourth-order valence-corrected chi connectivity index (χ4v) is 2.85. The van der Waals surface area contributed by atoms with E-state index in [2.05, 4.69) is 10.5 Å². The fourth-order valence-electron chi connectivity index (χ4n) is 2.85. The van der Waals surface area contributed by atoms with E-state index in [1.54, 1.807) is 6.92 Å². The van der Waals surface area contributed by atoms with Gasteiger partial charge in [-0.3, -0.25) is 4.79 Å². The van der Waals surface area contributed by atoms with Gasteiger partial charge in [-0.05, 0) is 44.0 Å². The number of benzene rings is 1. The van der Waals surface area contributed by atoms with E-state index in [4.69, 9.17) is 9.15 Å². The predicted octanol–water partition coefficient (Wildman–Crippen LogP) is 2.98. The van der Waals surface area contributed by atoms with Crippen LogP contribution in [-0.4, -0.2) is 24.7 Å². The SMILES string of the molecule is COC(=O)c1oc2c(c1C)/C(=N/NC(=O)c1ccc(F)cc1)CCC2. The van der Waals surface area contributed by atoms with Crippen molar-refractivity contribution >= 4 is 17.6 Å². The van der Waals surface area contributed by atoms with Crippen LogP contribution < -0.4 is 5.43 Å². The quantitative estimate of drug-likeness (QED) is 0.686. The van der Waals surface area contributed by atoms with E-state index in [0.29, 0.717) is 35.4 Å². The summed E-state index contributed by atoms with van der Waals surface area (Å²) in [6.07, 6.45) is 2.14. The van der Waals surface area contributed by atoms with Crippen LogP contribution in [0.15, 0.2) is 33.8 Å². The third-order valence-corrected chi connectivity index (χ3v) is 4.10. The lowest BCUT2D eigenvalue weighted by Gasteiger charge is -2.13. The second-order valence-electron chi connectivity index (χ2n) is 5.71. The van der Waals surface area contributed by atoms with Gasteiger partial charge < -0.3 is 9.15 Å². The van der Waals surface area contributed by atoms with Crippen molar-refractivity contribution in [2.75, 3.05) is 7.11 Å². The number of rotatable bonds is 3. The lowest BCUT2D eigenvalue weighted by atomic mass is 9.93. The van der Waals surface area contributed by atoms with Crippen molar-refractivity contribution in [3.63, 3.8) is 0 Å². The Labute approximate surface area is 143 Å². The third-order valence-electron chi connectivity index (χ3n) is 4.10. The summed E-state index contributed by atoms with van der Waals surface area (Å²) in [5.41, 5.74) is 4.82. The summed E-state index contributed by atoms with van der Waals surface area (Å²) in [5.74, 6) is -0.564. The monoisotopic (exact) mass is 344 g/mol. The molecule has 3 rings (SSSR count). The number of esters is 1. The van der Waals surface area contributed by atoms with Gasteiger partial charge in [-0.2, -0.15) is 5.10 Å². The molecule has 130 valence electrons. The van der Waals surface area contributed by atoms with Gasteiger partial charge in [0, 0.05) is 23.1 Å². The molecule has 0 spiro atoms. The number of furan rings is 1. The molecule has 0 saturated carbocycles. The fraction of sp³-hybridized carbons (Fsp3) is 0.278. The van der Waals surface area contributed by atoms with Crippen LogP contribution >= 0.6 is 0 Å². The molecule has 0 atom stereocenters. The molecule has 0 aliphatic heterocycles. The largest absolute Gasteiger partial charge is 0.463 e. The van der Waals surface area contributed by atoms with Crippen LogP contribution in [0.1, 0.15) is 50.6 Å². The van der Waals surface area contributed by atoms with E-state index in [1.165, 1.54) is 31.4 Å². The van der Waals surface area contributed by atoms with Crippen LogP contribution in [0.5, 0.6) is 0 Å². The summed E-state index contributed by atoms with van der Waals surface area (Å²) in [4.78, 5) is 23.9. The zero-order valence-corrected chi connectivity index (χ0v) is 13.9. The highest BCUT2D eigenvalue weighted by molar-refractivity contribution is 6.06. The molecule has 2 aromatic rings. The van der Waals surface area contributed by atoms with Crippen LogP contribution in [-0.2, 0) is 11.2 Å². The Bertz CT molecular complexity index is 853. The third kappa shape index (κ3) is 3.31. The van der Waals surface area contributed by atoms with Gasteiger partial charge in [0.05, 0.1) is 12.8 Å². The number of amides is 1. The summed E-state index contributed by atoms with van der Waals surface area (Å²) in [7, 11) is 1.29. The average molecular weight is 344 g/mol. The maximum absolute atomic E-state index is 12.9. The second-order valence-corrected chi connectivity index (χ2v) is 5.71. The van der Waals surface area contributed by atoms with Crippen LogP contribution in [0.2, 0.25) is 0 Å². The van der Waals surface area contributed by atoms with Gasteiger partial charge in [-0.25, -0.2) is 14.6 Å². The first-order valence-corrected chi connectivity index (χ1v) is 7.84. The number of ether oxygens (including phenoxy) is 1. The molecule has 1 N–H and O–H groups in total. The molecule has 0 fully saturated rings. The Morgan fingerprint density at radius 1 is 1.24 bits per heavy atom. The summed E-state index contributed by atoms with van der Waals surface area (Å²) < 4.78 is 23.3. The molecule has 0 saturated heterocycles. The summed E-state index contributed by atoms with van der Waals surface area (Å²) in [6.45, 7) is 1.76. The zero-order chi connectivity index (χ0) is 18.0. The Morgan fingerprint density at radius 2 is 1.96 bits per heavy atom. The van der Waals surface area contributed by atoms with Crippen molar-refractivity contribution in [1.29, 1.82) is 0 Å². The van der Waals surface area contributed by atoms with Crippen molar-refractivity contribution in [3.8, 4) is 0 Å². The minimum atomic E-state index is -0.540. The number of fused-ring (bicyclic) bond motifs is 1. The highest BCUT2D eigenvalue weighted by Crippen LogP contribution is 2.30. The Morgan fingerprint density at radius 3 is 2.64 bits per heavy atom. The van der Waals surface area contributed by atoms with Crippen molar-refractivity contribution < 1.29 is 23.1 Å². The summed E-state index contributed by atoms with van der Waals surface area (Å²) in [5, 5.41) is 4.19. The van der Waals surface area contributed by atoms with Gasteiger partial charge in [0.1, 0.15) is 11.6 Å². The molecular formula is C18H17FN2O4. The van der Waals surface area contributed by atoms with E-state index in [0.717, 1.165) is 12.0 Å². The summed E-state index contributed by atoms with van der Waals surface area (Å²) in [6, 6.07) is 5.19. The van der Waals surface area contributed by atoms with Crippen LogP contribution in [0.3, 0.4) is 0 Å². The van der Waals surface area contributed by atoms with Gasteiger partial charge in [0.2, 0.25) is 5.76 Å². The van der Waals surface area contributed by atoms with Crippen LogP contribution in [0.4, 0.5) is 4.39 Å². The molecule has 0 bridgehead atoms. The minimum Gasteiger partial charge on any atom is -0.463 e. The smallest absolute Gasteiger partial charge is 0.374 e. The first kappa shape index (κ1) is 16.9. The van der Waals surface area contributed by atoms with Gasteiger partial charge in [0.25, 0.3) is 5.91 Å². The molecule has 1 aromatic carbocycles. The first-order valence-electron chi connectivity index (χ1n) is 7.84. The Balaban J connectivity index is 1.86. The number of carbonyl (C=O) groups is 2. The Kier molecular flexibility index (Phi) is 4.65. The zero-order valence-electron chi connectivity index (χ0n) is 13.9. The van der Waals surface area contributed by atoms with Crippen LogP contribution in [0, 0.1) is 12.7 Å². The molecule has 1 amide bonds. The number of halogens is 1. The molecular weight excluding hydrogens is 327 g/mol. The molecule has 6 nitrogen and oxygen atoms in total. The number of hydrazone groups is 1. The predicted molar refractivity (Wildman–Crippen MR) is 88.1 cm³/mol. The number of carbonyl (C=O) groups excluding carboxylic acids is 2. The van der Waals surface area contributed by atoms with Gasteiger partial charge in [0.15, 0.2) is 0 Å². The molecule has 0 radical (unpaired) electrons. The van der Waals surface area contributed by atoms with Crippen LogP contribution in [0.25, 0.3) is 0 Å². The normalized spacial score (nSPS) is 14.9. The van der Waals surface area contributed by atoms with Crippen molar-refractivity contribution in [3.05, 3.63) is 58.3 Å². The van der Waals surface area contributed by atoms with Gasteiger partial charge >= 0.3 is 5.97 Å². The number of hydrogen-bond acceptors (Lipinski definition) is 5. The van der Waals surface area contributed by atoms with Gasteiger partial charge in [-0.15, -0.1) is 0 Å². The topological polar surface area (TPSA) is 80.9 Å². The number of nitrogens with zero attached hydrogens (tertiary/aromatic N) is 1. The first-order chi connectivity index (χ1) is 12.0. The second kappa shape index (κ2) is 6.88. The van der Waals surface area contributed by atoms with E-state index < -0.39 is 17.7 Å². The Hall–Kier alpha value is -2.96. The molecule has 1 heterocycles. The van der Waals surface area contributed by atoms with E-state index in [-0.39, 0.29) is 5.76 Å². The van der Waals surface area contributed by atoms with Crippen molar-refractivity contribution in [2.45, 2.75) is 26.2 Å². The number of methoxy groups -OCH3 is 1. The lowest BCUT2D eigenvalue weighted by Crippen LogP contribution is -2.22. The van der Waals surface area contributed by atoms with E-state index in [1.807, 2.05) is 0 Å². The van der Waals surface area contributed by atoms with Crippen molar-refractivity contribution in [1.82, 2.24) is 5.43 Å². The van der Waals surface area contributed by atoms with E-state index >= 15 is 0 Å². The molecule has 1 aliphatic carbocycles. The highest BCUT2D eigenvalue weighted by Gasteiger charge is 2.28. The molecule has 0 unspecified atom stereocenters. The number of hydrogen-bond donors (Lipinski definition) is 1. The molecule has 7 heteroatoms. The molecule has 1 aliphatic rings. The average Bonchev–Trinajstić information content (AvgIpc) is 2.97. The lowest BCUT2D eigenvalue weighted by molar-refractivity contribution is 0.0561.